The van der Waals surface area contributed by atoms with Gasteiger partial charge in [-0.05, 0) is 71.5 Å². The first-order valence-electron chi connectivity index (χ1n) is 11.8. The molecule has 30 heavy (non-hydrogen) atoms. The lowest BCUT2D eigenvalue weighted by atomic mass is 9.72. The fraction of sp³-hybridized carbons (Fsp3) is 0.667. The van der Waals surface area contributed by atoms with Crippen molar-refractivity contribution in [2.75, 3.05) is 0 Å². The summed E-state index contributed by atoms with van der Waals surface area (Å²) in [6, 6.07) is 0. The quantitative estimate of drug-likeness (QED) is 0.404. The Balaban J connectivity index is 3.42. The Hall–Kier alpha value is -1.30. The van der Waals surface area contributed by atoms with Gasteiger partial charge in [0.1, 0.15) is 0 Å². The number of hydrogen-bond donors (Lipinski definition) is 0. The lowest BCUT2D eigenvalue weighted by molar-refractivity contribution is 0.376. The topological polar surface area (TPSA) is 0 Å². The van der Waals surface area contributed by atoms with E-state index in [4.69, 9.17) is 0 Å². The zero-order chi connectivity index (χ0) is 23.5. The van der Waals surface area contributed by atoms with E-state index in [9.17, 15) is 0 Å². The van der Waals surface area contributed by atoms with Crippen LogP contribution in [0.4, 0.5) is 0 Å². The molecule has 0 spiro atoms. The second-order valence-electron chi connectivity index (χ2n) is 13.2. The highest BCUT2D eigenvalue weighted by Crippen LogP contribution is 2.41. The minimum absolute atomic E-state index is 0.106. The van der Waals surface area contributed by atoms with Gasteiger partial charge < -0.3 is 0 Å². The summed E-state index contributed by atoms with van der Waals surface area (Å²) >= 11 is 0. The summed E-state index contributed by atoms with van der Waals surface area (Å²) in [5.74, 6) is 0. The average Bonchev–Trinajstić information content (AvgIpc) is 2.48. The van der Waals surface area contributed by atoms with Crippen LogP contribution in [-0.4, -0.2) is 0 Å². The van der Waals surface area contributed by atoms with Crippen molar-refractivity contribution in [1.29, 1.82) is 0 Å². The highest BCUT2D eigenvalue weighted by atomic mass is 14.3. The van der Waals surface area contributed by atoms with E-state index in [2.05, 4.69) is 120 Å². The zero-order valence-corrected chi connectivity index (χ0v) is 22.5. The van der Waals surface area contributed by atoms with Gasteiger partial charge in [0.05, 0.1) is 0 Å². The molecule has 0 fully saturated rings. The molecule has 0 aromatic heterocycles. The molecule has 0 heteroatoms. The van der Waals surface area contributed by atoms with Gasteiger partial charge in [0.2, 0.25) is 0 Å². The average molecular weight is 411 g/mol. The Bertz CT molecular complexity index is 750. The van der Waals surface area contributed by atoms with Crippen molar-refractivity contribution >= 4 is 0 Å². The maximum atomic E-state index is 2.43. The molecule has 0 amide bonds. The summed E-state index contributed by atoms with van der Waals surface area (Å²) in [5.41, 5.74) is 7.91. The van der Waals surface area contributed by atoms with Gasteiger partial charge in [-0.15, -0.1) is 0 Å². The number of hydrogen-bond acceptors (Lipinski definition) is 0. The van der Waals surface area contributed by atoms with E-state index in [1.54, 1.807) is 5.57 Å². The van der Waals surface area contributed by atoms with Crippen molar-refractivity contribution in [3.05, 3.63) is 58.2 Å². The van der Waals surface area contributed by atoms with Crippen LogP contribution in [0.3, 0.4) is 0 Å². The lowest BCUT2D eigenvalue weighted by Gasteiger charge is -2.33. The lowest BCUT2D eigenvalue weighted by Crippen LogP contribution is -2.19. The van der Waals surface area contributed by atoms with Gasteiger partial charge in [-0.25, -0.2) is 0 Å². The summed E-state index contributed by atoms with van der Waals surface area (Å²) < 4.78 is 0. The third-order valence-corrected chi connectivity index (χ3v) is 6.06. The minimum Gasteiger partial charge on any atom is -0.0754 e. The van der Waals surface area contributed by atoms with E-state index < -0.39 is 0 Å². The molecule has 0 heterocycles. The molecule has 0 N–H and O–H groups in total. The molecule has 1 rings (SSSR count). The highest BCUT2D eigenvalue weighted by Gasteiger charge is 2.27. The summed E-state index contributed by atoms with van der Waals surface area (Å²) in [5, 5.41) is 0. The van der Waals surface area contributed by atoms with Crippen molar-refractivity contribution in [2.45, 2.75) is 109 Å². The van der Waals surface area contributed by atoms with Crippen LogP contribution in [0.2, 0.25) is 0 Å². The van der Waals surface area contributed by atoms with Gasteiger partial charge in [0.15, 0.2) is 0 Å². The number of rotatable bonds is 4. The molecule has 1 aliphatic rings. The fourth-order valence-electron chi connectivity index (χ4n) is 4.17. The molecule has 0 aromatic rings. The van der Waals surface area contributed by atoms with Crippen LogP contribution in [-0.2, 0) is 0 Å². The number of allylic oxidation sites excluding steroid dienone is 10. The molecule has 0 bridgehead atoms. The summed E-state index contributed by atoms with van der Waals surface area (Å²) in [6.07, 6.45) is 15.8. The van der Waals surface area contributed by atoms with E-state index in [0.29, 0.717) is 0 Å². The van der Waals surface area contributed by atoms with Gasteiger partial charge >= 0.3 is 0 Å². The van der Waals surface area contributed by atoms with Gasteiger partial charge in [-0.3, -0.25) is 0 Å². The monoisotopic (exact) mass is 410 g/mol. The molecule has 0 nitrogen and oxygen atoms in total. The van der Waals surface area contributed by atoms with Crippen LogP contribution in [0.1, 0.15) is 109 Å². The summed E-state index contributed by atoms with van der Waals surface area (Å²) in [6.45, 7) is 30.1. The Labute approximate surface area is 189 Å². The highest BCUT2D eigenvalue weighted by molar-refractivity contribution is 5.42. The minimum atomic E-state index is 0.106. The SMILES string of the molecule is CC1=C(/C=C/C(=C/C(C)=C/C(=C/C(C)(C)C)C(C)(C)C)C(C)(C)C)C(C)(C)CCC1. The van der Waals surface area contributed by atoms with E-state index >= 15 is 0 Å². The molecule has 0 saturated carbocycles. The van der Waals surface area contributed by atoms with Crippen LogP contribution in [0.25, 0.3) is 0 Å². The molecular weight excluding hydrogens is 360 g/mol. The standard InChI is InChI=1S/C30H50/c1-22(20-25(29(9,10)11)21-27(3,4)5)19-24(28(6,7)8)16-17-26-23(2)15-14-18-30(26,12)13/h16-17,19-21H,14-15,18H2,1-13H3/b17-16+,22-20+,24-19-,25-21-. The normalized spacial score (nSPS) is 20.4. The zero-order valence-electron chi connectivity index (χ0n) is 22.5. The van der Waals surface area contributed by atoms with E-state index in [1.165, 1.54) is 41.6 Å². The smallest absolute Gasteiger partial charge is 0.0104 e. The van der Waals surface area contributed by atoms with Crippen molar-refractivity contribution < 1.29 is 0 Å². The van der Waals surface area contributed by atoms with E-state index in [-0.39, 0.29) is 21.7 Å². The molecule has 0 aromatic carbocycles. The molecule has 0 atom stereocenters. The van der Waals surface area contributed by atoms with Crippen LogP contribution >= 0.6 is 0 Å². The molecule has 0 aliphatic heterocycles. The Morgan fingerprint density at radius 2 is 1.37 bits per heavy atom. The first-order valence-corrected chi connectivity index (χ1v) is 11.8. The van der Waals surface area contributed by atoms with Crippen molar-refractivity contribution in [3.8, 4) is 0 Å². The predicted octanol–water partition coefficient (Wildman–Crippen LogP) is 10.0. The van der Waals surface area contributed by atoms with E-state index in [1.807, 2.05) is 0 Å². The maximum Gasteiger partial charge on any atom is -0.0104 e. The maximum absolute atomic E-state index is 2.43. The molecular formula is C30H50. The van der Waals surface area contributed by atoms with Crippen molar-refractivity contribution in [3.63, 3.8) is 0 Å². The third-order valence-electron chi connectivity index (χ3n) is 6.06. The van der Waals surface area contributed by atoms with Crippen molar-refractivity contribution in [1.82, 2.24) is 0 Å². The van der Waals surface area contributed by atoms with Gasteiger partial charge in [-0.1, -0.05) is 118 Å². The van der Waals surface area contributed by atoms with Gasteiger partial charge in [0.25, 0.3) is 0 Å². The Kier molecular flexibility index (Phi) is 8.43. The van der Waals surface area contributed by atoms with Gasteiger partial charge in [0, 0.05) is 0 Å². The second-order valence-corrected chi connectivity index (χ2v) is 13.2. The Morgan fingerprint density at radius 3 is 1.80 bits per heavy atom. The molecule has 0 radical (unpaired) electrons. The first-order chi connectivity index (χ1) is 13.3. The largest absolute Gasteiger partial charge is 0.0754 e. The van der Waals surface area contributed by atoms with Crippen LogP contribution < -0.4 is 0 Å². The second kappa shape index (κ2) is 9.46. The molecule has 1 aliphatic carbocycles. The van der Waals surface area contributed by atoms with Crippen LogP contribution in [0.5, 0.6) is 0 Å². The third kappa shape index (κ3) is 8.44. The summed E-state index contributed by atoms with van der Waals surface area (Å²) in [7, 11) is 0. The molecule has 170 valence electrons. The fourth-order valence-corrected chi connectivity index (χ4v) is 4.17. The molecule has 0 saturated heterocycles. The summed E-state index contributed by atoms with van der Waals surface area (Å²) in [4.78, 5) is 0. The van der Waals surface area contributed by atoms with Crippen molar-refractivity contribution in [2.24, 2.45) is 21.7 Å². The first kappa shape index (κ1) is 26.7. The Morgan fingerprint density at radius 1 is 0.833 bits per heavy atom. The van der Waals surface area contributed by atoms with E-state index in [0.717, 1.165) is 0 Å². The van der Waals surface area contributed by atoms with Crippen LogP contribution in [0.15, 0.2) is 58.2 Å². The van der Waals surface area contributed by atoms with Crippen LogP contribution in [0, 0.1) is 21.7 Å². The predicted molar refractivity (Wildman–Crippen MR) is 138 cm³/mol. The van der Waals surface area contributed by atoms with Gasteiger partial charge in [-0.2, -0.15) is 0 Å². The molecule has 0 unspecified atom stereocenters.